The second-order valence-corrected chi connectivity index (χ2v) is 7.51. The number of rotatable bonds is 3. The van der Waals surface area contributed by atoms with E-state index in [1.54, 1.807) is 0 Å². The van der Waals surface area contributed by atoms with E-state index < -0.39 is 0 Å². The van der Waals surface area contributed by atoms with E-state index >= 15 is 0 Å². The summed E-state index contributed by atoms with van der Waals surface area (Å²) in [6.45, 7) is 0.819. The number of aromatic nitrogens is 2. The van der Waals surface area contributed by atoms with Crippen molar-refractivity contribution in [2.24, 2.45) is 7.05 Å². The third-order valence-corrected chi connectivity index (χ3v) is 5.60. The molecule has 1 aromatic carbocycles. The van der Waals surface area contributed by atoms with Gasteiger partial charge >= 0.3 is 137 Å². The molecule has 3 rings (SSSR count). The van der Waals surface area contributed by atoms with Gasteiger partial charge in [0.05, 0.1) is 0 Å². The molecule has 2 aromatic rings. The van der Waals surface area contributed by atoms with Crippen LogP contribution in [0.3, 0.4) is 0 Å². The van der Waals surface area contributed by atoms with Crippen LogP contribution >= 0.6 is 0 Å². The fraction of sp³-hybridized carbons (Fsp3) is 0.333. The summed E-state index contributed by atoms with van der Waals surface area (Å²) in [5.41, 5.74) is 4.66. The van der Waals surface area contributed by atoms with Gasteiger partial charge in [0, 0.05) is 0 Å². The van der Waals surface area contributed by atoms with Gasteiger partial charge in [0.1, 0.15) is 0 Å². The van der Waals surface area contributed by atoms with Crippen molar-refractivity contribution in [1.29, 1.82) is 5.41 Å². The molecule has 0 bridgehead atoms. The minimum absolute atomic E-state index is 0.0476. The van der Waals surface area contributed by atoms with Crippen molar-refractivity contribution in [2.75, 3.05) is 23.4 Å². The summed E-state index contributed by atoms with van der Waals surface area (Å²) in [5, 5.41) is 13.1. The molecule has 1 aromatic heterocycles. The number of benzene rings is 1. The van der Waals surface area contributed by atoms with Crippen LogP contribution in [0.5, 0.6) is 0 Å². The Balaban J connectivity index is 1.99. The first-order valence-corrected chi connectivity index (χ1v) is 9.97. The van der Waals surface area contributed by atoms with E-state index in [1.165, 1.54) is 5.56 Å². The zero-order valence-electron chi connectivity index (χ0n) is 12.4. The molecule has 2 heterocycles. The van der Waals surface area contributed by atoms with E-state index in [1.807, 2.05) is 23.9 Å². The third-order valence-electron chi connectivity index (χ3n) is 3.97. The van der Waals surface area contributed by atoms with Crippen molar-refractivity contribution in [3.63, 3.8) is 0 Å². The van der Waals surface area contributed by atoms with Gasteiger partial charge in [-0.2, -0.15) is 0 Å². The number of aryl methyl sites for hydroxylation is 1. The summed E-state index contributed by atoms with van der Waals surface area (Å²) in [4.78, 5) is 4.37. The summed E-state index contributed by atoms with van der Waals surface area (Å²) in [6.07, 6.45) is 0. The molecule has 0 saturated heterocycles. The number of hydrogen-bond acceptors (Lipinski definition) is 3. The standard InChI is InChI=1S/C15H17BIN4/c1-17-14-7-13(21(3)19-14)15(18)11-8-20(2)12-6-9(16)4-5-10(11)12/h4-7,11,18H,8H2,1-3H3/q-1. The van der Waals surface area contributed by atoms with Crippen LogP contribution in [-0.2, 0) is 7.05 Å². The molecule has 2 radical (unpaired) electrons. The summed E-state index contributed by atoms with van der Waals surface area (Å²) in [6, 6.07) is 8.04. The van der Waals surface area contributed by atoms with Crippen LogP contribution in [0.1, 0.15) is 17.2 Å². The van der Waals surface area contributed by atoms with Crippen LogP contribution in [0.2, 0.25) is 0 Å². The number of likely N-dealkylation sites (N-methyl/N-ethyl adjacent to an activating group) is 1. The first kappa shape index (κ1) is 14.6. The molecule has 6 heteroatoms. The van der Waals surface area contributed by atoms with Gasteiger partial charge in [-0.05, 0) is 0 Å². The van der Waals surface area contributed by atoms with Gasteiger partial charge in [0.2, 0.25) is 0 Å². The quantitative estimate of drug-likeness (QED) is 0.277. The van der Waals surface area contributed by atoms with E-state index in [-0.39, 0.29) is 27.1 Å². The number of alkyl halides is 1. The molecular formula is C15H17BIN4-. The number of nitrogens with one attached hydrogen (secondary N) is 1. The first-order valence-electron chi connectivity index (χ1n) is 6.74. The molecule has 1 atom stereocenters. The van der Waals surface area contributed by atoms with Crippen molar-refractivity contribution < 1.29 is 21.2 Å². The van der Waals surface area contributed by atoms with E-state index in [2.05, 4.69) is 34.1 Å². The van der Waals surface area contributed by atoms with Gasteiger partial charge < -0.3 is 0 Å². The van der Waals surface area contributed by atoms with Crippen LogP contribution in [0.25, 0.3) is 0 Å². The molecule has 0 fully saturated rings. The van der Waals surface area contributed by atoms with Crippen molar-refractivity contribution in [2.45, 2.75) is 5.92 Å². The average molecular weight is 391 g/mol. The van der Waals surface area contributed by atoms with Gasteiger partial charge in [-0.15, -0.1) is 0 Å². The Hall–Kier alpha value is -1.31. The predicted octanol–water partition coefficient (Wildman–Crippen LogP) is -2.30. The van der Waals surface area contributed by atoms with Gasteiger partial charge in [-0.1, -0.05) is 0 Å². The molecule has 1 unspecified atom stereocenters. The van der Waals surface area contributed by atoms with Gasteiger partial charge in [-0.25, -0.2) is 0 Å². The Morgan fingerprint density at radius 1 is 1.38 bits per heavy atom. The summed E-state index contributed by atoms with van der Waals surface area (Å²) in [5.74, 6) is 0.0870. The normalized spacial score (nSPS) is 17.3. The van der Waals surface area contributed by atoms with E-state index in [0.29, 0.717) is 5.71 Å². The zero-order chi connectivity index (χ0) is 15.1. The fourth-order valence-electron chi connectivity index (χ4n) is 2.86. The van der Waals surface area contributed by atoms with Crippen LogP contribution < -0.4 is 31.6 Å². The predicted molar refractivity (Wildman–Crippen MR) is 82.5 cm³/mol. The van der Waals surface area contributed by atoms with Gasteiger partial charge in [0.15, 0.2) is 0 Å². The molecule has 0 amide bonds. The number of hydrogen-bond donors (Lipinski definition) is 1. The maximum atomic E-state index is 8.62. The molecule has 0 spiro atoms. The summed E-state index contributed by atoms with van der Waals surface area (Å²) >= 11 is -0.0476. The molecule has 21 heavy (non-hydrogen) atoms. The molecule has 1 N–H and O–H groups in total. The van der Waals surface area contributed by atoms with Crippen LogP contribution in [0.15, 0.2) is 24.3 Å². The van der Waals surface area contributed by atoms with Crippen LogP contribution in [0.4, 0.5) is 5.69 Å². The Kier molecular flexibility index (Phi) is 3.81. The van der Waals surface area contributed by atoms with Crippen LogP contribution in [-0.4, -0.2) is 41.9 Å². The molecule has 1 aliphatic rings. The first-order chi connectivity index (χ1) is 10.0. The number of fused-ring (bicyclic) bond motifs is 1. The molecule has 0 aliphatic carbocycles. The SMILES string of the molecule is [B]c1ccc2c(c1)N(C)CC2C(=N)c1cc([I-]C)nn1C. The van der Waals surface area contributed by atoms with Gasteiger partial charge in [-0.3, -0.25) is 0 Å². The Morgan fingerprint density at radius 3 is 2.81 bits per heavy atom. The van der Waals surface area contributed by atoms with Crippen LogP contribution in [0, 0.1) is 9.11 Å². The van der Waals surface area contributed by atoms with Gasteiger partial charge in [0.25, 0.3) is 0 Å². The fourth-order valence-corrected chi connectivity index (χ4v) is 4.00. The molecule has 108 valence electrons. The maximum absolute atomic E-state index is 8.62. The van der Waals surface area contributed by atoms with Crippen molar-refractivity contribution in [3.8, 4) is 0 Å². The Morgan fingerprint density at radius 2 is 2.14 bits per heavy atom. The van der Waals surface area contributed by atoms with Crippen molar-refractivity contribution in [1.82, 2.24) is 9.78 Å². The molecule has 1 aliphatic heterocycles. The minimum atomic E-state index is -0.0476. The van der Waals surface area contributed by atoms with E-state index in [9.17, 15) is 0 Å². The summed E-state index contributed by atoms with van der Waals surface area (Å²) in [7, 11) is 9.86. The summed E-state index contributed by atoms with van der Waals surface area (Å²) < 4.78 is 2.98. The zero-order valence-corrected chi connectivity index (χ0v) is 14.5. The molecular weight excluding hydrogens is 374 g/mol. The Bertz CT molecular complexity index is 710. The monoisotopic (exact) mass is 391 g/mol. The van der Waals surface area contributed by atoms with Crippen molar-refractivity contribution >= 4 is 24.7 Å². The number of halogens is 1. The average Bonchev–Trinajstić information content (AvgIpc) is 2.99. The molecule has 0 saturated carbocycles. The number of anilines is 1. The second kappa shape index (κ2) is 5.48. The number of nitrogens with zero attached hydrogens (tertiary/aromatic N) is 3. The second-order valence-electron chi connectivity index (χ2n) is 5.33. The topological polar surface area (TPSA) is 44.9 Å². The van der Waals surface area contributed by atoms with E-state index in [0.717, 1.165) is 27.1 Å². The third kappa shape index (κ3) is 2.50. The van der Waals surface area contributed by atoms with Crippen molar-refractivity contribution in [3.05, 3.63) is 39.2 Å². The Labute approximate surface area is 136 Å². The molecule has 4 nitrogen and oxygen atoms in total. The van der Waals surface area contributed by atoms with E-state index in [4.69, 9.17) is 13.3 Å².